The van der Waals surface area contributed by atoms with Gasteiger partial charge in [0.15, 0.2) is 0 Å². The third-order valence-electron chi connectivity index (χ3n) is 5.83. The van der Waals surface area contributed by atoms with Gasteiger partial charge in [0.1, 0.15) is 23.7 Å². The minimum absolute atomic E-state index is 0.105. The fourth-order valence-corrected chi connectivity index (χ4v) is 4.04. The molecule has 4 amide bonds. The van der Waals surface area contributed by atoms with Crippen LogP contribution in [0.5, 0.6) is 0 Å². The first-order valence-electron chi connectivity index (χ1n) is 10.5. The summed E-state index contributed by atoms with van der Waals surface area (Å²) in [6.07, 6.45) is 0.495. The molecule has 182 valence electrons. The topological polar surface area (TPSA) is 145 Å². The first-order valence-corrected chi connectivity index (χ1v) is 10.5. The molecule has 1 aromatic rings. The molecule has 0 radical (unpaired) electrons. The van der Waals surface area contributed by atoms with Crippen LogP contribution in [0.3, 0.4) is 0 Å². The molecule has 0 aromatic carbocycles. The number of hydrogen-bond acceptors (Lipinski definition) is 7. The number of pyridine rings is 1. The van der Waals surface area contributed by atoms with Gasteiger partial charge in [0.25, 0.3) is 5.91 Å². The molecule has 1 fully saturated rings. The van der Waals surface area contributed by atoms with Crippen LogP contribution in [0.2, 0.25) is 0 Å². The van der Waals surface area contributed by atoms with Gasteiger partial charge in [0.05, 0.1) is 11.7 Å². The van der Waals surface area contributed by atoms with E-state index >= 15 is 0 Å². The quantitative estimate of drug-likeness (QED) is 0.238. The Kier molecular flexibility index (Phi) is 6.08. The fraction of sp³-hybridized carbons (Fsp3) is 0.400. The molecule has 4 heterocycles. The number of amides is 4. The van der Waals surface area contributed by atoms with Crippen molar-refractivity contribution in [1.29, 1.82) is 0 Å². The van der Waals surface area contributed by atoms with Crippen molar-refractivity contribution < 1.29 is 27.6 Å². The monoisotopic (exact) mass is 480 g/mol. The Balaban J connectivity index is 1.54. The van der Waals surface area contributed by atoms with E-state index in [-0.39, 0.29) is 17.4 Å². The summed E-state index contributed by atoms with van der Waals surface area (Å²) in [6.45, 7) is 2.09. The van der Waals surface area contributed by atoms with E-state index in [4.69, 9.17) is 5.84 Å². The molecule has 1 aromatic heterocycles. The number of nitrogen functional groups attached to an aromatic ring is 1. The van der Waals surface area contributed by atoms with E-state index < -0.39 is 36.1 Å². The number of dihydropyridines is 1. The fourth-order valence-electron chi connectivity index (χ4n) is 4.04. The summed E-state index contributed by atoms with van der Waals surface area (Å²) < 4.78 is 38.6. The highest BCUT2D eigenvalue weighted by molar-refractivity contribution is 5.96. The molecular formula is C20H23F3N8O3. The second-order valence-corrected chi connectivity index (χ2v) is 8.08. The highest BCUT2D eigenvalue weighted by atomic mass is 19.4. The Hall–Kier alpha value is -3.81. The minimum atomic E-state index is -4.58. The summed E-state index contributed by atoms with van der Waals surface area (Å²) >= 11 is 0. The first-order chi connectivity index (χ1) is 16.1. The van der Waals surface area contributed by atoms with Crippen LogP contribution in [0.1, 0.15) is 23.7 Å². The first kappa shape index (κ1) is 23.4. The maximum absolute atomic E-state index is 13.2. The van der Waals surface area contributed by atoms with Crippen LogP contribution in [0.4, 0.5) is 23.8 Å². The van der Waals surface area contributed by atoms with Gasteiger partial charge in [0, 0.05) is 24.8 Å². The second kappa shape index (κ2) is 8.85. The zero-order valence-corrected chi connectivity index (χ0v) is 18.0. The average molecular weight is 480 g/mol. The number of halogens is 3. The number of hydrogen-bond donors (Lipinski definition) is 5. The molecule has 14 heteroatoms. The number of allylic oxidation sites excluding steroid dienone is 1. The molecule has 34 heavy (non-hydrogen) atoms. The molecule has 3 atom stereocenters. The van der Waals surface area contributed by atoms with Gasteiger partial charge in [-0.15, -0.1) is 0 Å². The smallest absolute Gasteiger partial charge is 0.366 e. The van der Waals surface area contributed by atoms with E-state index in [0.717, 1.165) is 6.92 Å². The van der Waals surface area contributed by atoms with Crippen LogP contribution in [0.15, 0.2) is 42.0 Å². The number of alkyl halides is 3. The lowest BCUT2D eigenvalue weighted by Crippen LogP contribution is -2.57. The molecule has 1 unspecified atom stereocenters. The van der Waals surface area contributed by atoms with Crippen LogP contribution in [0.25, 0.3) is 0 Å². The van der Waals surface area contributed by atoms with Crippen molar-refractivity contribution in [3.8, 4) is 0 Å². The zero-order chi connectivity index (χ0) is 24.6. The summed E-state index contributed by atoms with van der Waals surface area (Å²) in [5.41, 5.74) is 2.83. The van der Waals surface area contributed by atoms with E-state index in [0.29, 0.717) is 31.0 Å². The molecule has 3 aliphatic rings. The van der Waals surface area contributed by atoms with E-state index in [2.05, 4.69) is 15.6 Å². The lowest BCUT2D eigenvalue weighted by molar-refractivity contribution is -0.158. The lowest BCUT2D eigenvalue weighted by Gasteiger charge is -2.41. The van der Waals surface area contributed by atoms with Crippen molar-refractivity contribution in [2.45, 2.75) is 37.6 Å². The molecule has 11 nitrogen and oxygen atoms in total. The standard InChI is InChI=1S/C20H23F3N8O3/c1-10(20(21,22)23)26-18(33)13-2-3-14-16(27-13)31(12-5-7-30(14)9-12)19(34)28-15-8-11(4-6-25-15)17(32)29-24/h2-4,6,8,10,12-13,27H,5,7,9,24H2,1H3,(H,26,33)(H,29,32)(H,25,28,34)/t10-,12+,13?/m1/s1. The second-order valence-electron chi connectivity index (χ2n) is 8.08. The summed E-state index contributed by atoms with van der Waals surface area (Å²) in [7, 11) is 0. The number of nitrogens with zero attached hydrogens (tertiary/aromatic N) is 3. The summed E-state index contributed by atoms with van der Waals surface area (Å²) in [5.74, 6) is 4.12. The number of urea groups is 1. The number of fused-ring (bicyclic) bond motifs is 3. The van der Waals surface area contributed by atoms with E-state index in [1.54, 1.807) is 6.08 Å². The van der Waals surface area contributed by atoms with Gasteiger partial charge in [-0.25, -0.2) is 15.6 Å². The van der Waals surface area contributed by atoms with Gasteiger partial charge in [-0.05, 0) is 31.6 Å². The van der Waals surface area contributed by atoms with Gasteiger partial charge < -0.3 is 15.5 Å². The van der Waals surface area contributed by atoms with E-state index in [9.17, 15) is 27.6 Å². The maximum atomic E-state index is 13.2. The highest BCUT2D eigenvalue weighted by Crippen LogP contribution is 2.33. The van der Waals surface area contributed by atoms with Crippen LogP contribution in [0, 0.1) is 0 Å². The molecule has 1 saturated heterocycles. The summed E-state index contributed by atoms with van der Waals surface area (Å²) in [5, 5.41) is 7.47. The Bertz CT molecular complexity index is 1070. The summed E-state index contributed by atoms with van der Waals surface area (Å²) in [6, 6.07) is -1.16. The Morgan fingerprint density at radius 1 is 1.32 bits per heavy atom. The third kappa shape index (κ3) is 4.48. The number of nitrogens with two attached hydrogens (primary N) is 1. The van der Waals surface area contributed by atoms with Crippen molar-refractivity contribution in [3.63, 3.8) is 0 Å². The van der Waals surface area contributed by atoms with Crippen molar-refractivity contribution in [3.05, 3.63) is 47.6 Å². The molecule has 2 bridgehead atoms. The van der Waals surface area contributed by atoms with Crippen molar-refractivity contribution in [2.24, 2.45) is 5.84 Å². The van der Waals surface area contributed by atoms with Crippen LogP contribution in [-0.2, 0) is 4.79 Å². The predicted octanol–water partition coefficient (Wildman–Crippen LogP) is 0.371. The van der Waals surface area contributed by atoms with Gasteiger partial charge in [-0.2, -0.15) is 13.2 Å². The van der Waals surface area contributed by atoms with Gasteiger partial charge in [-0.1, -0.05) is 6.08 Å². The van der Waals surface area contributed by atoms with Crippen molar-refractivity contribution in [1.82, 2.24) is 30.8 Å². The number of nitrogens with one attached hydrogen (secondary N) is 4. The minimum Gasteiger partial charge on any atom is -0.366 e. The van der Waals surface area contributed by atoms with Crippen molar-refractivity contribution in [2.75, 3.05) is 18.4 Å². The lowest BCUT2D eigenvalue weighted by atomic mass is 10.1. The normalized spacial score (nSPS) is 22.0. The SMILES string of the molecule is C[C@@H](NC(=O)C1C=CC2=C(N1)N(C(=O)Nc1cc(C(=O)NN)ccn1)[C@H]1CCN2C1)C(F)(F)F. The number of aromatic nitrogens is 1. The number of carbonyl (C=O) groups excluding carboxylic acids is 3. The molecule has 4 rings (SSSR count). The number of rotatable bonds is 4. The van der Waals surface area contributed by atoms with Gasteiger partial charge in [0.2, 0.25) is 5.91 Å². The van der Waals surface area contributed by atoms with Crippen LogP contribution < -0.4 is 27.2 Å². The average Bonchev–Trinajstić information content (AvgIpc) is 3.21. The number of anilines is 1. The van der Waals surface area contributed by atoms with Crippen molar-refractivity contribution >= 4 is 23.7 Å². The number of carbonyl (C=O) groups is 3. The van der Waals surface area contributed by atoms with Crippen LogP contribution in [-0.4, -0.2) is 70.0 Å². The molecule has 3 aliphatic heterocycles. The molecular weight excluding hydrogens is 457 g/mol. The van der Waals surface area contributed by atoms with Gasteiger partial charge >= 0.3 is 12.2 Å². The molecule has 6 N–H and O–H groups in total. The zero-order valence-electron chi connectivity index (χ0n) is 18.0. The third-order valence-corrected chi connectivity index (χ3v) is 5.83. The predicted molar refractivity (Wildman–Crippen MR) is 113 cm³/mol. The maximum Gasteiger partial charge on any atom is 0.408 e. The Labute approximate surface area is 192 Å². The molecule has 0 spiro atoms. The Morgan fingerprint density at radius 2 is 2.09 bits per heavy atom. The number of hydrazine groups is 1. The largest absolute Gasteiger partial charge is 0.408 e. The molecule has 0 aliphatic carbocycles. The van der Waals surface area contributed by atoms with E-state index in [1.807, 2.05) is 15.6 Å². The summed E-state index contributed by atoms with van der Waals surface area (Å²) in [4.78, 5) is 45.0. The van der Waals surface area contributed by atoms with Crippen LogP contribution >= 0.6 is 0 Å². The Morgan fingerprint density at radius 3 is 2.79 bits per heavy atom. The molecule has 0 saturated carbocycles. The van der Waals surface area contributed by atoms with Gasteiger partial charge in [-0.3, -0.25) is 25.2 Å². The highest BCUT2D eigenvalue weighted by Gasteiger charge is 2.43. The van der Waals surface area contributed by atoms with E-state index in [1.165, 1.54) is 29.3 Å².